The monoisotopic (exact) mass is 291 g/mol. The molecule has 2 N–H and O–H groups in total. The minimum absolute atomic E-state index is 0.0403. The minimum Gasteiger partial charge on any atom is -0.394 e. The Morgan fingerprint density at radius 2 is 2.35 bits per heavy atom. The molecule has 3 atom stereocenters. The number of carbonyl (C=O) groups excluding carboxylic acids is 2. The van der Waals surface area contributed by atoms with Gasteiger partial charge in [-0.1, -0.05) is 0 Å². The van der Waals surface area contributed by atoms with Crippen LogP contribution in [-0.2, 0) is 9.53 Å². The number of carbonyl (C=O) groups is 2. The zero-order valence-electron chi connectivity index (χ0n) is 10.6. The van der Waals surface area contributed by atoms with Crippen molar-refractivity contribution in [1.29, 1.82) is 0 Å². The Morgan fingerprint density at radius 3 is 2.75 bits per heavy atom. The molecule has 9 nitrogen and oxygen atoms in total. The van der Waals surface area contributed by atoms with Gasteiger partial charge in [-0.25, -0.2) is 9.18 Å². The standard InChI is InChI=1S/C10H14FN3O6/c1-12-10(17)13(3-6(4-15)14(18)19)9-2-7(11)8(5-16)20-9/h3-4,7-9,16H,2,5H2,1H3,(H,12,17)/b6-3+/t7-,8+,9+/m0/s1. The summed E-state index contributed by atoms with van der Waals surface area (Å²) in [7, 11) is 1.27. The molecule has 1 aliphatic rings. The number of allylic oxidation sites excluding steroid dienone is 1. The number of ether oxygens (including phenoxy) is 1. The van der Waals surface area contributed by atoms with E-state index in [2.05, 4.69) is 5.32 Å². The average molecular weight is 291 g/mol. The van der Waals surface area contributed by atoms with Crippen molar-refractivity contribution in [1.82, 2.24) is 10.2 Å². The van der Waals surface area contributed by atoms with Crippen molar-refractivity contribution in [3.05, 3.63) is 22.0 Å². The summed E-state index contributed by atoms with van der Waals surface area (Å²) in [6.45, 7) is -0.585. The lowest BCUT2D eigenvalue weighted by atomic mass is 10.2. The lowest BCUT2D eigenvalue weighted by Gasteiger charge is -2.23. The second-order valence-corrected chi connectivity index (χ2v) is 3.95. The highest BCUT2D eigenvalue weighted by Crippen LogP contribution is 2.26. The van der Waals surface area contributed by atoms with Gasteiger partial charge >= 0.3 is 11.7 Å². The first-order valence-corrected chi connectivity index (χ1v) is 5.66. The summed E-state index contributed by atoms with van der Waals surface area (Å²) in [5.74, 6) is 0. The maximum absolute atomic E-state index is 13.5. The Bertz CT molecular complexity index is 429. The molecule has 0 saturated carbocycles. The van der Waals surface area contributed by atoms with Crippen LogP contribution in [0.3, 0.4) is 0 Å². The number of aldehydes is 1. The third kappa shape index (κ3) is 3.48. The smallest absolute Gasteiger partial charge is 0.325 e. The largest absolute Gasteiger partial charge is 0.394 e. The van der Waals surface area contributed by atoms with Gasteiger partial charge in [-0.3, -0.25) is 19.8 Å². The number of hydrogen-bond acceptors (Lipinski definition) is 6. The highest BCUT2D eigenvalue weighted by atomic mass is 19.1. The van der Waals surface area contributed by atoms with Crippen LogP contribution in [0.2, 0.25) is 0 Å². The molecule has 0 aromatic carbocycles. The first-order chi connectivity index (χ1) is 9.44. The van der Waals surface area contributed by atoms with Crippen molar-refractivity contribution in [2.24, 2.45) is 0 Å². The van der Waals surface area contributed by atoms with Crippen molar-refractivity contribution in [3.63, 3.8) is 0 Å². The number of hydrogen-bond donors (Lipinski definition) is 2. The van der Waals surface area contributed by atoms with E-state index in [-0.39, 0.29) is 12.7 Å². The summed E-state index contributed by atoms with van der Waals surface area (Å²) in [4.78, 5) is 32.5. The van der Waals surface area contributed by atoms with Gasteiger partial charge in [0, 0.05) is 13.5 Å². The molecule has 1 saturated heterocycles. The van der Waals surface area contributed by atoms with Gasteiger partial charge in [-0.05, 0) is 0 Å². The van der Waals surface area contributed by atoms with Crippen LogP contribution >= 0.6 is 0 Å². The maximum atomic E-state index is 13.5. The summed E-state index contributed by atoms with van der Waals surface area (Å²) in [5.41, 5.74) is -0.875. The van der Waals surface area contributed by atoms with Crippen molar-refractivity contribution in [3.8, 4) is 0 Å². The maximum Gasteiger partial charge on any atom is 0.325 e. The molecule has 0 aromatic heterocycles. The Balaban J connectivity index is 3.00. The van der Waals surface area contributed by atoms with Gasteiger partial charge in [0.1, 0.15) is 18.5 Å². The molecule has 0 bridgehead atoms. The van der Waals surface area contributed by atoms with E-state index in [1.165, 1.54) is 7.05 Å². The van der Waals surface area contributed by atoms with Crippen LogP contribution in [0.1, 0.15) is 6.42 Å². The third-order valence-electron chi connectivity index (χ3n) is 2.70. The second kappa shape index (κ2) is 6.91. The quantitative estimate of drug-likeness (QED) is 0.301. The molecule has 10 heteroatoms. The van der Waals surface area contributed by atoms with Gasteiger partial charge < -0.3 is 15.2 Å². The van der Waals surface area contributed by atoms with E-state index in [0.717, 1.165) is 4.90 Å². The van der Waals surface area contributed by atoms with Gasteiger partial charge in [-0.15, -0.1) is 0 Å². The summed E-state index contributed by atoms with van der Waals surface area (Å²) >= 11 is 0. The summed E-state index contributed by atoms with van der Waals surface area (Å²) < 4.78 is 18.6. The van der Waals surface area contributed by atoms with Crippen LogP contribution in [-0.4, -0.2) is 59.4 Å². The Hall–Kier alpha value is -2.07. The zero-order chi connectivity index (χ0) is 15.3. The van der Waals surface area contributed by atoms with E-state index in [4.69, 9.17) is 9.84 Å². The molecule has 0 radical (unpaired) electrons. The summed E-state index contributed by atoms with van der Waals surface area (Å²) in [6, 6.07) is -0.804. The summed E-state index contributed by atoms with van der Waals surface area (Å²) in [6.07, 6.45) is -3.41. The van der Waals surface area contributed by atoms with Crippen LogP contribution < -0.4 is 5.32 Å². The number of nitrogens with one attached hydrogen (secondary N) is 1. The molecular weight excluding hydrogens is 277 g/mol. The molecule has 1 heterocycles. The van der Waals surface area contributed by atoms with Crippen molar-refractivity contribution >= 4 is 12.3 Å². The number of aliphatic hydroxyl groups excluding tert-OH is 1. The van der Waals surface area contributed by atoms with E-state index in [0.29, 0.717) is 6.20 Å². The van der Waals surface area contributed by atoms with Gasteiger partial charge in [-0.2, -0.15) is 0 Å². The predicted octanol–water partition coefficient (Wildman–Crippen LogP) is -0.610. The molecule has 1 fully saturated rings. The fraction of sp³-hybridized carbons (Fsp3) is 0.600. The molecule has 0 aliphatic carbocycles. The first-order valence-electron chi connectivity index (χ1n) is 5.66. The highest BCUT2D eigenvalue weighted by molar-refractivity contribution is 5.77. The third-order valence-corrected chi connectivity index (χ3v) is 2.70. The number of nitrogens with zero attached hydrogens (tertiary/aromatic N) is 2. The number of nitro groups is 1. The molecule has 0 spiro atoms. The molecule has 1 aliphatic heterocycles. The Morgan fingerprint density at radius 1 is 1.70 bits per heavy atom. The van der Waals surface area contributed by atoms with Crippen LogP contribution in [0.5, 0.6) is 0 Å². The number of aliphatic hydroxyl groups is 1. The van der Waals surface area contributed by atoms with Gasteiger partial charge in [0.15, 0.2) is 0 Å². The zero-order valence-corrected chi connectivity index (χ0v) is 10.6. The van der Waals surface area contributed by atoms with Crippen LogP contribution in [0.15, 0.2) is 11.9 Å². The lowest BCUT2D eigenvalue weighted by molar-refractivity contribution is -0.418. The highest BCUT2D eigenvalue weighted by Gasteiger charge is 2.39. The predicted molar refractivity (Wildman–Crippen MR) is 62.7 cm³/mol. The van der Waals surface area contributed by atoms with Crippen molar-refractivity contribution < 1.29 is 28.7 Å². The second-order valence-electron chi connectivity index (χ2n) is 3.95. The van der Waals surface area contributed by atoms with E-state index in [9.17, 15) is 24.1 Å². The molecule has 0 aromatic rings. The van der Waals surface area contributed by atoms with Crippen LogP contribution in [0, 0.1) is 10.1 Å². The number of alkyl halides is 1. The Labute approximate surface area is 113 Å². The van der Waals surface area contributed by atoms with E-state index >= 15 is 0 Å². The first kappa shape index (κ1) is 16.0. The number of urea groups is 1. The molecule has 2 amide bonds. The number of amides is 2. The lowest BCUT2D eigenvalue weighted by Crippen LogP contribution is -2.42. The normalized spacial score (nSPS) is 26.1. The molecule has 0 unspecified atom stereocenters. The van der Waals surface area contributed by atoms with Crippen molar-refractivity contribution in [2.45, 2.75) is 24.9 Å². The minimum atomic E-state index is -1.51. The van der Waals surface area contributed by atoms with Crippen LogP contribution in [0.25, 0.3) is 0 Å². The van der Waals surface area contributed by atoms with E-state index in [1.54, 1.807) is 0 Å². The SMILES string of the molecule is CNC(=O)N(/C=C(\C=O)[N+](=O)[O-])[C@H]1C[C@H](F)[C@@H](CO)O1. The fourth-order valence-corrected chi connectivity index (χ4v) is 1.69. The Kier molecular flexibility index (Phi) is 5.53. The van der Waals surface area contributed by atoms with Gasteiger partial charge in [0.25, 0.3) is 0 Å². The fourth-order valence-electron chi connectivity index (χ4n) is 1.69. The molecular formula is C10H14FN3O6. The topological polar surface area (TPSA) is 122 Å². The summed E-state index contributed by atoms with van der Waals surface area (Å²) in [5, 5.41) is 21.7. The van der Waals surface area contributed by atoms with Crippen molar-refractivity contribution in [2.75, 3.05) is 13.7 Å². The molecule has 1 rings (SSSR count). The van der Waals surface area contributed by atoms with E-state index < -0.39 is 41.8 Å². The van der Waals surface area contributed by atoms with Crippen LogP contribution in [0.4, 0.5) is 9.18 Å². The van der Waals surface area contributed by atoms with E-state index in [1.807, 2.05) is 0 Å². The molecule has 20 heavy (non-hydrogen) atoms. The van der Waals surface area contributed by atoms with Gasteiger partial charge in [0.2, 0.25) is 6.29 Å². The number of rotatable bonds is 5. The van der Waals surface area contributed by atoms with Gasteiger partial charge in [0.05, 0.1) is 17.7 Å². The average Bonchev–Trinajstić information content (AvgIpc) is 2.79. The molecule has 112 valence electrons. The number of halogens is 1.